The van der Waals surface area contributed by atoms with Crippen molar-refractivity contribution in [2.45, 2.75) is 39.8 Å². The molecule has 0 unspecified atom stereocenters. The number of aryl methyl sites for hydroxylation is 1. The first-order valence-corrected chi connectivity index (χ1v) is 6.82. The van der Waals surface area contributed by atoms with E-state index < -0.39 is 0 Å². The van der Waals surface area contributed by atoms with Gasteiger partial charge >= 0.3 is 0 Å². The van der Waals surface area contributed by atoms with Gasteiger partial charge < -0.3 is 10.1 Å². The van der Waals surface area contributed by atoms with Crippen molar-refractivity contribution < 1.29 is 4.74 Å². The van der Waals surface area contributed by atoms with Crippen LogP contribution < -0.4 is 10.1 Å². The van der Waals surface area contributed by atoms with Crippen LogP contribution in [0.2, 0.25) is 0 Å². The molecule has 2 aromatic rings. The Labute approximate surface area is 120 Å². The zero-order valence-electron chi connectivity index (χ0n) is 12.9. The van der Waals surface area contributed by atoms with E-state index in [1.807, 2.05) is 23.0 Å². The minimum Gasteiger partial charge on any atom is -0.495 e. The minimum absolute atomic E-state index is 0.0137. The number of hydrogen-bond donors (Lipinski definition) is 1. The van der Waals surface area contributed by atoms with E-state index in [-0.39, 0.29) is 5.54 Å². The molecule has 1 N–H and O–H groups in total. The molecule has 4 heteroatoms. The van der Waals surface area contributed by atoms with Crippen LogP contribution in [0.1, 0.15) is 31.9 Å². The van der Waals surface area contributed by atoms with Crippen molar-refractivity contribution in [3.63, 3.8) is 0 Å². The highest BCUT2D eigenvalue weighted by atomic mass is 16.5. The van der Waals surface area contributed by atoms with Gasteiger partial charge in [-0.15, -0.1) is 0 Å². The summed E-state index contributed by atoms with van der Waals surface area (Å²) in [5.41, 5.74) is 3.36. The summed E-state index contributed by atoms with van der Waals surface area (Å²) >= 11 is 0. The molecular weight excluding hydrogens is 250 g/mol. The van der Waals surface area contributed by atoms with E-state index >= 15 is 0 Å². The van der Waals surface area contributed by atoms with E-state index in [0.29, 0.717) is 0 Å². The molecule has 0 aliphatic heterocycles. The number of rotatable bonds is 4. The molecule has 0 aliphatic rings. The second kappa shape index (κ2) is 5.57. The maximum Gasteiger partial charge on any atom is 0.142 e. The number of anilines is 1. The Hall–Kier alpha value is -1.97. The van der Waals surface area contributed by atoms with Gasteiger partial charge in [-0.05, 0) is 45.4 Å². The highest BCUT2D eigenvalue weighted by Crippen LogP contribution is 2.25. The number of nitrogens with one attached hydrogen (secondary N) is 1. The van der Waals surface area contributed by atoms with Crippen LogP contribution in [-0.4, -0.2) is 16.9 Å². The van der Waals surface area contributed by atoms with Crippen LogP contribution in [0.15, 0.2) is 30.6 Å². The van der Waals surface area contributed by atoms with Crippen LogP contribution in [0.3, 0.4) is 0 Å². The highest BCUT2D eigenvalue weighted by molar-refractivity contribution is 5.57. The number of hydrogen-bond acceptors (Lipinski definition) is 3. The topological polar surface area (TPSA) is 39.1 Å². The summed E-state index contributed by atoms with van der Waals surface area (Å²) in [7, 11) is 1.69. The Morgan fingerprint density at radius 1 is 1.30 bits per heavy atom. The summed E-state index contributed by atoms with van der Waals surface area (Å²) in [5, 5.41) is 7.80. The van der Waals surface area contributed by atoms with Crippen LogP contribution >= 0.6 is 0 Å². The summed E-state index contributed by atoms with van der Waals surface area (Å²) in [6.45, 7) is 9.20. The summed E-state index contributed by atoms with van der Waals surface area (Å²) in [6.07, 6.45) is 3.98. The van der Waals surface area contributed by atoms with Crippen LogP contribution in [0, 0.1) is 6.92 Å². The number of ether oxygens (including phenoxy) is 1. The van der Waals surface area contributed by atoms with Crippen molar-refractivity contribution in [2.24, 2.45) is 0 Å². The van der Waals surface area contributed by atoms with E-state index in [2.05, 4.69) is 50.4 Å². The maximum atomic E-state index is 5.39. The third-order valence-electron chi connectivity index (χ3n) is 3.16. The molecule has 20 heavy (non-hydrogen) atoms. The van der Waals surface area contributed by atoms with Gasteiger partial charge in [0.15, 0.2) is 0 Å². The van der Waals surface area contributed by atoms with Gasteiger partial charge in [0.1, 0.15) is 5.75 Å². The van der Waals surface area contributed by atoms with Crippen molar-refractivity contribution >= 4 is 5.69 Å². The fourth-order valence-electron chi connectivity index (χ4n) is 1.96. The van der Waals surface area contributed by atoms with Gasteiger partial charge in [-0.3, -0.25) is 4.68 Å². The first kappa shape index (κ1) is 14.4. The third-order valence-corrected chi connectivity index (χ3v) is 3.16. The molecule has 0 bridgehead atoms. The van der Waals surface area contributed by atoms with Gasteiger partial charge in [-0.1, -0.05) is 6.07 Å². The van der Waals surface area contributed by atoms with Crippen LogP contribution in [0.5, 0.6) is 5.75 Å². The van der Waals surface area contributed by atoms with E-state index in [9.17, 15) is 0 Å². The molecule has 4 nitrogen and oxygen atoms in total. The van der Waals surface area contributed by atoms with Crippen molar-refractivity contribution in [3.8, 4) is 5.75 Å². The van der Waals surface area contributed by atoms with Gasteiger partial charge in [-0.2, -0.15) is 5.10 Å². The first-order chi connectivity index (χ1) is 9.40. The summed E-state index contributed by atoms with van der Waals surface area (Å²) in [6, 6.07) is 6.15. The quantitative estimate of drug-likeness (QED) is 0.925. The van der Waals surface area contributed by atoms with Gasteiger partial charge in [0.05, 0.1) is 24.5 Å². The van der Waals surface area contributed by atoms with Gasteiger partial charge in [-0.25, -0.2) is 0 Å². The lowest BCUT2D eigenvalue weighted by molar-refractivity contribution is 0.355. The maximum absolute atomic E-state index is 5.39. The monoisotopic (exact) mass is 273 g/mol. The smallest absolute Gasteiger partial charge is 0.142 e. The lowest BCUT2D eigenvalue weighted by atomic mass is 10.1. The predicted molar refractivity (Wildman–Crippen MR) is 82.3 cm³/mol. The normalized spacial score (nSPS) is 11.4. The third kappa shape index (κ3) is 3.32. The van der Waals surface area contributed by atoms with E-state index in [0.717, 1.165) is 23.5 Å². The van der Waals surface area contributed by atoms with Gasteiger partial charge in [0.2, 0.25) is 0 Å². The number of aromatic nitrogens is 2. The Balaban J connectivity index is 2.07. The summed E-state index contributed by atoms with van der Waals surface area (Å²) in [4.78, 5) is 0. The molecule has 0 spiro atoms. The number of methoxy groups -OCH3 is 1. The predicted octanol–water partition coefficient (Wildman–Crippen LogP) is 3.57. The molecule has 0 aliphatic carbocycles. The largest absolute Gasteiger partial charge is 0.495 e. The van der Waals surface area contributed by atoms with Crippen molar-refractivity contribution in [1.82, 2.24) is 9.78 Å². The van der Waals surface area contributed by atoms with Crippen molar-refractivity contribution in [3.05, 3.63) is 41.7 Å². The number of nitrogens with zero attached hydrogens (tertiary/aromatic N) is 2. The fourth-order valence-corrected chi connectivity index (χ4v) is 1.96. The summed E-state index contributed by atoms with van der Waals surface area (Å²) < 4.78 is 7.37. The fraction of sp³-hybridized carbons (Fsp3) is 0.438. The van der Waals surface area contributed by atoms with Crippen LogP contribution in [-0.2, 0) is 12.1 Å². The molecule has 108 valence electrons. The highest BCUT2D eigenvalue weighted by Gasteiger charge is 2.13. The minimum atomic E-state index is 0.0137. The first-order valence-electron chi connectivity index (χ1n) is 6.82. The molecule has 1 aromatic carbocycles. The van der Waals surface area contributed by atoms with E-state index in [1.165, 1.54) is 5.56 Å². The second-order valence-electron chi connectivity index (χ2n) is 6.02. The number of benzene rings is 1. The second-order valence-corrected chi connectivity index (χ2v) is 6.02. The molecule has 0 amide bonds. The molecular formula is C16H23N3O. The van der Waals surface area contributed by atoms with E-state index in [4.69, 9.17) is 4.74 Å². The zero-order chi connectivity index (χ0) is 14.8. The van der Waals surface area contributed by atoms with Gasteiger partial charge in [0.25, 0.3) is 0 Å². The molecule has 0 fully saturated rings. The Morgan fingerprint density at radius 2 is 2.05 bits per heavy atom. The van der Waals surface area contributed by atoms with Gasteiger partial charge in [0, 0.05) is 18.3 Å². The molecule has 0 atom stereocenters. The van der Waals surface area contributed by atoms with Crippen LogP contribution in [0.25, 0.3) is 0 Å². The van der Waals surface area contributed by atoms with E-state index in [1.54, 1.807) is 7.11 Å². The Bertz CT molecular complexity index is 582. The molecule has 0 saturated carbocycles. The molecule has 1 aromatic heterocycles. The zero-order valence-corrected chi connectivity index (χ0v) is 12.9. The average Bonchev–Trinajstić information content (AvgIpc) is 2.86. The lowest BCUT2D eigenvalue weighted by Crippen LogP contribution is -2.21. The average molecular weight is 273 g/mol. The SMILES string of the molecule is COc1cc(C)ccc1NCc1cnn(C(C)(C)C)c1. The molecule has 0 radical (unpaired) electrons. The molecule has 1 heterocycles. The lowest BCUT2D eigenvalue weighted by Gasteiger charge is -2.18. The Morgan fingerprint density at radius 3 is 2.65 bits per heavy atom. The summed E-state index contributed by atoms with van der Waals surface area (Å²) in [5.74, 6) is 0.869. The standard InChI is InChI=1S/C16H23N3O/c1-12-6-7-14(15(8-12)20-5)17-9-13-10-18-19(11-13)16(2,3)4/h6-8,10-11,17H,9H2,1-5H3. The van der Waals surface area contributed by atoms with Crippen LogP contribution in [0.4, 0.5) is 5.69 Å². The van der Waals surface area contributed by atoms with Crippen molar-refractivity contribution in [1.29, 1.82) is 0 Å². The van der Waals surface area contributed by atoms with Crippen molar-refractivity contribution in [2.75, 3.05) is 12.4 Å². The molecule has 0 saturated heterocycles. The Kier molecular flexibility index (Phi) is 4.02. The molecule has 2 rings (SSSR count).